The third kappa shape index (κ3) is 8.12. The number of aryl methyl sites for hydroxylation is 2. The monoisotopic (exact) mass is 505 g/mol. The zero-order valence-electron chi connectivity index (χ0n) is 21.1. The van der Waals surface area contributed by atoms with Crippen LogP contribution in [0.1, 0.15) is 52.0 Å². The Morgan fingerprint density at radius 3 is 2.31 bits per heavy atom. The molecule has 0 spiro atoms. The van der Waals surface area contributed by atoms with Crippen LogP contribution in [-0.4, -0.2) is 37.7 Å². The molecule has 4 rings (SSSR count). The molecule has 36 heavy (non-hydrogen) atoms. The van der Waals surface area contributed by atoms with Crippen molar-refractivity contribution >= 4 is 10.9 Å². The summed E-state index contributed by atoms with van der Waals surface area (Å²) in [7, 11) is 0. The molecule has 4 aromatic rings. The molecule has 6 nitrogen and oxygen atoms in total. The Morgan fingerprint density at radius 2 is 1.72 bits per heavy atom. The lowest BCUT2D eigenvalue weighted by molar-refractivity contribution is -0.130. The van der Waals surface area contributed by atoms with Crippen LogP contribution in [0.2, 0.25) is 0 Å². The van der Waals surface area contributed by atoms with E-state index in [0.717, 1.165) is 48.4 Å². The number of aliphatic hydroxyl groups is 1. The van der Waals surface area contributed by atoms with Gasteiger partial charge in [0.2, 0.25) is 5.82 Å². The fourth-order valence-corrected chi connectivity index (χ4v) is 3.18. The van der Waals surface area contributed by atoms with E-state index in [0.29, 0.717) is 18.3 Å². The highest BCUT2D eigenvalue weighted by molar-refractivity contribution is 5.93. The van der Waals surface area contributed by atoms with Gasteiger partial charge in [-0.3, -0.25) is 0 Å². The first-order chi connectivity index (χ1) is 17.1. The Bertz CT molecular complexity index is 1210. The van der Waals surface area contributed by atoms with Crippen LogP contribution in [0.15, 0.2) is 53.2 Å². The van der Waals surface area contributed by atoms with E-state index >= 15 is 0 Å². The number of aromatic hydroxyl groups is 1. The summed E-state index contributed by atoms with van der Waals surface area (Å²) in [5, 5.41) is 22.9. The summed E-state index contributed by atoms with van der Waals surface area (Å²) in [6.07, 6.45) is 0.626. The number of aliphatic hydroxyl groups excluding tert-OH is 1. The van der Waals surface area contributed by atoms with Gasteiger partial charge in [0.15, 0.2) is 0 Å². The quantitative estimate of drug-likeness (QED) is 0.283. The lowest BCUT2D eigenvalue weighted by Gasteiger charge is -2.04. The van der Waals surface area contributed by atoms with E-state index < -0.39 is 12.6 Å². The number of alkyl halides is 3. The van der Waals surface area contributed by atoms with Gasteiger partial charge in [0.05, 0.1) is 0 Å². The average molecular weight is 506 g/mol. The SMILES string of the molecule is CCC(F)(F)F.CCCCn1ccc2c(-c3noc(-c4ccc(O)c(C)c4)n3)cccc21.CCCO. The van der Waals surface area contributed by atoms with Crippen LogP contribution >= 0.6 is 0 Å². The van der Waals surface area contributed by atoms with Gasteiger partial charge in [0.1, 0.15) is 5.75 Å². The molecule has 0 aliphatic carbocycles. The first kappa shape index (κ1) is 28.9. The minimum Gasteiger partial charge on any atom is -0.508 e. The summed E-state index contributed by atoms with van der Waals surface area (Å²) < 4.78 is 40.1. The average Bonchev–Trinajstić information content (AvgIpc) is 3.52. The van der Waals surface area contributed by atoms with E-state index in [-0.39, 0.29) is 5.75 Å². The van der Waals surface area contributed by atoms with Crippen LogP contribution in [0.4, 0.5) is 13.2 Å². The van der Waals surface area contributed by atoms with Crippen LogP contribution in [-0.2, 0) is 6.54 Å². The Hall–Kier alpha value is -3.33. The van der Waals surface area contributed by atoms with Crippen molar-refractivity contribution in [3.8, 4) is 28.6 Å². The van der Waals surface area contributed by atoms with E-state index in [9.17, 15) is 18.3 Å². The summed E-state index contributed by atoms with van der Waals surface area (Å²) in [5.41, 5.74) is 3.72. The molecule has 2 aromatic heterocycles. The minimum atomic E-state index is -3.96. The third-order valence-corrected chi connectivity index (χ3v) is 5.30. The van der Waals surface area contributed by atoms with E-state index in [2.05, 4.69) is 40.0 Å². The number of fused-ring (bicyclic) bond motifs is 1. The number of hydrogen-bond acceptors (Lipinski definition) is 5. The fraction of sp³-hybridized carbons (Fsp3) is 0.407. The highest BCUT2D eigenvalue weighted by Gasteiger charge is 2.22. The van der Waals surface area contributed by atoms with Crippen molar-refractivity contribution in [3.63, 3.8) is 0 Å². The minimum absolute atomic E-state index is 0.256. The lowest BCUT2D eigenvalue weighted by Crippen LogP contribution is -2.02. The topological polar surface area (TPSA) is 84.3 Å². The molecule has 0 atom stereocenters. The Balaban J connectivity index is 0.000000390. The molecule has 0 fully saturated rings. The van der Waals surface area contributed by atoms with Crippen molar-refractivity contribution in [1.29, 1.82) is 0 Å². The van der Waals surface area contributed by atoms with E-state index in [1.807, 2.05) is 32.0 Å². The molecule has 2 N–H and O–H groups in total. The number of phenolic OH excluding ortho intramolecular Hbond substituents is 1. The second-order valence-electron chi connectivity index (χ2n) is 8.22. The first-order valence-corrected chi connectivity index (χ1v) is 12.0. The predicted molar refractivity (Wildman–Crippen MR) is 136 cm³/mol. The van der Waals surface area contributed by atoms with Gasteiger partial charge in [-0.1, -0.05) is 44.5 Å². The van der Waals surface area contributed by atoms with E-state index in [1.165, 1.54) is 11.9 Å². The zero-order valence-corrected chi connectivity index (χ0v) is 21.1. The predicted octanol–water partition coefficient (Wildman–Crippen LogP) is 7.52. The molecule has 196 valence electrons. The summed E-state index contributed by atoms with van der Waals surface area (Å²) in [6.45, 7) is 8.38. The molecule has 0 aliphatic heterocycles. The van der Waals surface area contributed by atoms with E-state index in [1.54, 1.807) is 12.1 Å². The van der Waals surface area contributed by atoms with Gasteiger partial charge in [-0.25, -0.2) is 0 Å². The number of hydrogen-bond donors (Lipinski definition) is 2. The van der Waals surface area contributed by atoms with Gasteiger partial charge in [-0.05, 0) is 55.7 Å². The normalized spacial score (nSPS) is 11.0. The lowest BCUT2D eigenvalue weighted by atomic mass is 10.1. The molecule has 0 unspecified atom stereocenters. The summed E-state index contributed by atoms with van der Waals surface area (Å²) in [4.78, 5) is 4.57. The van der Waals surface area contributed by atoms with Crippen LogP contribution in [0.5, 0.6) is 5.75 Å². The maximum atomic E-state index is 10.8. The largest absolute Gasteiger partial charge is 0.508 e. The summed E-state index contributed by atoms with van der Waals surface area (Å²) >= 11 is 0. The molecule has 2 heterocycles. The number of rotatable bonds is 6. The van der Waals surface area contributed by atoms with Crippen molar-refractivity contribution in [2.24, 2.45) is 0 Å². The highest BCUT2D eigenvalue weighted by Crippen LogP contribution is 2.30. The van der Waals surface area contributed by atoms with Gasteiger partial charge in [0.25, 0.3) is 5.89 Å². The first-order valence-electron chi connectivity index (χ1n) is 12.0. The highest BCUT2D eigenvalue weighted by atomic mass is 19.4. The van der Waals surface area contributed by atoms with Gasteiger partial charge < -0.3 is 19.3 Å². The summed E-state index contributed by atoms with van der Waals surface area (Å²) in [6, 6.07) is 13.5. The van der Waals surface area contributed by atoms with Crippen LogP contribution in [0, 0.1) is 6.92 Å². The van der Waals surface area contributed by atoms with Crippen molar-refractivity contribution in [3.05, 3.63) is 54.2 Å². The van der Waals surface area contributed by atoms with Crippen LogP contribution in [0.3, 0.4) is 0 Å². The number of nitrogens with zero attached hydrogens (tertiary/aromatic N) is 3. The van der Waals surface area contributed by atoms with Crippen molar-refractivity contribution in [1.82, 2.24) is 14.7 Å². The van der Waals surface area contributed by atoms with Crippen molar-refractivity contribution in [2.45, 2.75) is 66.1 Å². The molecule has 0 radical (unpaired) electrons. The van der Waals surface area contributed by atoms with Gasteiger partial charge in [0, 0.05) is 47.8 Å². The molecule has 0 aliphatic rings. The van der Waals surface area contributed by atoms with Gasteiger partial charge >= 0.3 is 6.18 Å². The Labute approximate surface area is 209 Å². The maximum Gasteiger partial charge on any atom is 0.388 e. The van der Waals surface area contributed by atoms with Crippen LogP contribution < -0.4 is 0 Å². The third-order valence-electron chi connectivity index (χ3n) is 5.30. The Kier molecular flexibility index (Phi) is 11.0. The number of phenols is 1. The molecule has 0 bridgehead atoms. The van der Waals surface area contributed by atoms with Crippen molar-refractivity contribution in [2.75, 3.05) is 6.61 Å². The Morgan fingerprint density at radius 1 is 1.03 bits per heavy atom. The van der Waals surface area contributed by atoms with E-state index in [4.69, 9.17) is 9.63 Å². The molecule has 0 saturated carbocycles. The summed E-state index contributed by atoms with van der Waals surface area (Å²) in [5.74, 6) is 1.28. The maximum absolute atomic E-state index is 10.8. The van der Waals surface area contributed by atoms with Crippen molar-refractivity contribution < 1.29 is 27.9 Å². The number of aromatic nitrogens is 3. The number of halogens is 3. The molecule has 0 amide bonds. The fourth-order valence-electron chi connectivity index (χ4n) is 3.18. The number of benzene rings is 2. The molecule has 9 heteroatoms. The molecule has 0 saturated heterocycles. The second-order valence-corrected chi connectivity index (χ2v) is 8.22. The standard InChI is InChI=1S/C21H21N3O2.C3H5F3.C3H8O/c1-3-4-11-24-12-10-16-17(6-5-7-18(16)24)20-22-21(26-23-20)15-8-9-19(25)14(2)13-15;1-2-3(4,5)6;1-2-3-4/h5-10,12-13,25H,3-4,11H2,1-2H3;2H2,1H3;4H,2-3H2,1H3. The zero-order chi connectivity index (χ0) is 26.7. The van der Waals surface area contributed by atoms with Gasteiger partial charge in [-0.15, -0.1) is 0 Å². The van der Waals surface area contributed by atoms with Gasteiger partial charge in [-0.2, -0.15) is 18.2 Å². The molecular weight excluding hydrogens is 471 g/mol. The number of unbranched alkanes of at least 4 members (excludes halogenated alkanes) is 1. The second kappa shape index (κ2) is 13.7. The smallest absolute Gasteiger partial charge is 0.388 e. The van der Waals surface area contributed by atoms with Crippen LogP contribution in [0.25, 0.3) is 33.7 Å². The molecular formula is C27H34F3N3O3. The molecule has 2 aromatic carbocycles.